The summed E-state index contributed by atoms with van der Waals surface area (Å²) in [7, 11) is 0. The maximum atomic E-state index is 12.8. The van der Waals surface area contributed by atoms with Crippen molar-refractivity contribution in [1.29, 1.82) is 0 Å². The molecule has 0 radical (unpaired) electrons. The van der Waals surface area contributed by atoms with Gasteiger partial charge in [-0.1, -0.05) is 24.4 Å². The number of nitrogens with zero attached hydrogens (tertiary/aromatic N) is 2. The van der Waals surface area contributed by atoms with Gasteiger partial charge in [-0.05, 0) is 40.5 Å². The highest BCUT2D eigenvalue weighted by molar-refractivity contribution is 5.94. The number of aryl methyl sites for hydroxylation is 1. The van der Waals surface area contributed by atoms with Crippen LogP contribution in [0.2, 0.25) is 0 Å². The van der Waals surface area contributed by atoms with E-state index in [1.165, 1.54) is 6.42 Å². The molecule has 0 unspecified atom stereocenters. The van der Waals surface area contributed by atoms with Crippen LogP contribution in [0.4, 0.5) is 5.82 Å². The molecule has 1 N–H and O–H groups in total. The zero-order valence-electron chi connectivity index (χ0n) is 14.5. The minimum Gasteiger partial charge on any atom is -0.360 e. The Morgan fingerprint density at radius 1 is 1.30 bits per heavy atom. The second-order valence-corrected chi connectivity index (χ2v) is 7.30. The highest BCUT2D eigenvalue weighted by Gasteiger charge is 2.33. The Kier molecular flexibility index (Phi) is 5.44. The second kappa shape index (κ2) is 7.15. The largest absolute Gasteiger partial charge is 0.360 e. The van der Waals surface area contributed by atoms with Crippen LogP contribution in [0, 0.1) is 12.8 Å². The van der Waals surface area contributed by atoms with E-state index in [2.05, 4.69) is 10.5 Å². The van der Waals surface area contributed by atoms with Gasteiger partial charge >= 0.3 is 0 Å². The predicted octanol–water partition coefficient (Wildman–Crippen LogP) is 3.13. The van der Waals surface area contributed by atoms with Gasteiger partial charge in [-0.3, -0.25) is 9.59 Å². The molecular weight excluding hydrogens is 294 g/mol. The first kappa shape index (κ1) is 17.5. The van der Waals surface area contributed by atoms with Gasteiger partial charge in [0, 0.05) is 17.5 Å². The number of carbonyl (C=O) groups excluding carboxylic acids is 2. The average Bonchev–Trinajstić information content (AvgIpc) is 2.89. The molecule has 6 heteroatoms. The fraction of sp³-hybridized carbons (Fsp3) is 0.706. The molecule has 1 heterocycles. The van der Waals surface area contributed by atoms with Crippen molar-refractivity contribution in [3.8, 4) is 0 Å². The normalized spacial score (nSPS) is 16.2. The third kappa shape index (κ3) is 4.81. The third-order valence-corrected chi connectivity index (χ3v) is 4.23. The third-order valence-electron chi connectivity index (χ3n) is 4.23. The van der Waals surface area contributed by atoms with E-state index in [4.69, 9.17) is 4.52 Å². The number of rotatable bonds is 4. The number of anilines is 1. The molecule has 0 spiro atoms. The Labute approximate surface area is 137 Å². The smallest absolute Gasteiger partial charge is 0.245 e. The molecule has 0 bridgehead atoms. The summed E-state index contributed by atoms with van der Waals surface area (Å²) in [4.78, 5) is 26.8. The molecule has 23 heavy (non-hydrogen) atoms. The van der Waals surface area contributed by atoms with Crippen LogP contribution in [0.25, 0.3) is 0 Å². The molecule has 2 amide bonds. The SMILES string of the molecule is Cc1cc(NC(=O)CN(C(=O)C2CCCCC2)C(C)(C)C)no1. The monoisotopic (exact) mass is 321 g/mol. The zero-order valence-corrected chi connectivity index (χ0v) is 14.5. The number of hydrogen-bond donors (Lipinski definition) is 1. The Morgan fingerprint density at radius 3 is 2.48 bits per heavy atom. The summed E-state index contributed by atoms with van der Waals surface area (Å²) in [6, 6.07) is 1.66. The van der Waals surface area contributed by atoms with Crippen LogP contribution in [-0.4, -0.2) is 34.0 Å². The maximum absolute atomic E-state index is 12.8. The predicted molar refractivity (Wildman–Crippen MR) is 87.9 cm³/mol. The quantitative estimate of drug-likeness (QED) is 0.924. The summed E-state index contributed by atoms with van der Waals surface area (Å²) in [5.74, 6) is 0.892. The van der Waals surface area contributed by atoms with Gasteiger partial charge in [0.15, 0.2) is 5.82 Å². The van der Waals surface area contributed by atoms with Gasteiger partial charge in [0.1, 0.15) is 12.3 Å². The van der Waals surface area contributed by atoms with Crippen LogP contribution in [0.5, 0.6) is 0 Å². The lowest BCUT2D eigenvalue weighted by Gasteiger charge is -2.38. The van der Waals surface area contributed by atoms with E-state index in [1.807, 2.05) is 20.8 Å². The maximum Gasteiger partial charge on any atom is 0.245 e. The molecule has 1 fully saturated rings. The van der Waals surface area contributed by atoms with Gasteiger partial charge in [0.05, 0.1) is 0 Å². The van der Waals surface area contributed by atoms with Crippen molar-refractivity contribution < 1.29 is 14.1 Å². The first-order chi connectivity index (χ1) is 10.8. The molecule has 0 atom stereocenters. The summed E-state index contributed by atoms with van der Waals surface area (Å²) >= 11 is 0. The van der Waals surface area contributed by atoms with Gasteiger partial charge in [-0.25, -0.2) is 0 Å². The number of aromatic nitrogens is 1. The highest BCUT2D eigenvalue weighted by Crippen LogP contribution is 2.28. The van der Waals surface area contributed by atoms with E-state index in [9.17, 15) is 9.59 Å². The molecular formula is C17H27N3O3. The Hall–Kier alpha value is -1.85. The van der Waals surface area contributed by atoms with Crippen molar-refractivity contribution in [3.05, 3.63) is 11.8 Å². The van der Waals surface area contributed by atoms with Crippen LogP contribution in [-0.2, 0) is 9.59 Å². The number of carbonyl (C=O) groups is 2. The van der Waals surface area contributed by atoms with E-state index >= 15 is 0 Å². The lowest BCUT2D eigenvalue weighted by atomic mass is 9.87. The standard InChI is InChI=1S/C17H27N3O3/c1-12-10-14(19-23-12)18-15(21)11-20(17(2,3)4)16(22)13-8-6-5-7-9-13/h10,13H,5-9,11H2,1-4H3,(H,18,19,21). The fourth-order valence-corrected chi connectivity index (χ4v) is 2.97. The van der Waals surface area contributed by atoms with Crippen LogP contribution < -0.4 is 5.32 Å². The fourth-order valence-electron chi connectivity index (χ4n) is 2.97. The van der Waals surface area contributed by atoms with Crippen molar-refractivity contribution in [2.45, 2.75) is 65.3 Å². The minimum absolute atomic E-state index is 0.0325. The molecule has 0 saturated heterocycles. The molecule has 1 saturated carbocycles. The summed E-state index contributed by atoms with van der Waals surface area (Å²) in [5.41, 5.74) is -0.397. The Bertz CT molecular complexity index is 554. The zero-order chi connectivity index (χ0) is 17.0. The molecule has 0 aliphatic heterocycles. The number of hydrogen-bond acceptors (Lipinski definition) is 4. The summed E-state index contributed by atoms with van der Waals surface area (Å²) in [5, 5.41) is 6.43. The molecule has 1 aromatic rings. The average molecular weight is 321 g/mol. The van der Waals surface area contributed by atoms with E-state index in [0.29, 0.717) is 11.6 Å². The van der Waals surface area contributed by atoms with Gasteiger partial charge in [-0.15, -0.1) is 0 Å². The first-order valence-electron chi connectivity index (χ1n) is 8.32. The molecule has 128 valence electrons. The van der Waals surface area contributed by atoms with Crippen LogP contribution in [0.1, 0.15) is 58.6 Å². The van der Waals surface area contributed by atoms with E-state index < -0.39 is 5.54 Å². The second-order valence-electron chi connectivity index (χ2n) is 7.30. The topological polar surface area (TPSA) is 75.4 Å². The van der Waals surface area contributed by atoms with Gasteiger partial charge in [0.2, 0.25) is 11.8 Å². The van der Waals surface area contributed by atoms with Gasteiger partial charge in [-0.2, -0.15) is 0 Å². The van der Waals surface area contributed by atoms with Gasteiger partial charge < -0.3 is 14.7 Å². The lowest BCUT2D eigenvalue weighted by molar-refractivity contribution is -0.144. The molecule has 2 rings (SSSR count). The molecule has 0 aromatic carbocycles. The first-order valence-corrected chi connectivity index (χ1v) is 8.32. The van der Waals surface area contributed by atoms with Crippen molar-refractivity contribution in [2.24, 2.45) is 5.92 Å². The Balaban J connectivity index is 2.03. The van der Waals surface area contributed by atoms with Crippen molar-refractivity contribution in [3.63, 3.8) is 0 Å². The van der Waals surface area contributed by atoms with Crippen LogP contribution >= 0.6 is 0 Å². The van der Waals surface area contributed by atoms with Crippen molar-refractivity contribution in [1.82, 2.24) is 10.1 Å². The minimum atomic E-state index is -0.397. The number of nitrogens with one attached hydrogen (secondary N) is 1. The summed E-state index contributed by atoms with van der Waals surface area (Å²) in [6.45, 7) is 7.67. The molecule has 1 aliphatic carbocycles. The van der Waals surface area contributed by atoms with Crippen molar-refractivity contribution in [2.75, 3.05) is 11.9 Å². The van der Waals surface area contributed by atoms with Crippen molar-refractivity contribution >= 4 is 17.6 Å². The number of amides is 2. The molecule has 1 aliphatic rings. The van der Waals surface area contributed by atoms with Crippen LogP contribution in [0.3, 0.4) is 0 Å². The lowest BCUT2D eigenvalue weighted by Crippen LogP contribution is -2.51. The van der Waals surface area contributed by atoms with E-state index in [0.717, 1.165) is 25.7 Å². The van der Waals surface area contributed by atoms with Gasteiger partial charge in [0.25, 0.3) is 0 Å². The van der Waals surface area contributed by atoms with E-state index in [-0.39, 0.29) is 24.3 Å². The van der Waals surface area contributed by atoms with E-state index in [1.54, 1.807) is 17.9 Å². The Morgan fingerprint density at radius 2 is 1.96 bits per heavy atom. The highest BCUT2D eigenvalue weighted by atomic mass is 16.5. The van der Waals surface area contributed by atoms with Crippen LogP contribution in [0.15, 0.2) is 10.6 Å². The summed E-state index contributed by atoms with van der Waals surface area (Å²) in [6.07, 6.45) is 5.24. The molecule has 1 aromatic heterocycles. The summed E-state index contributed by atoms with van der Waals surface area (Å²) < 4.78 is 4.93. The molecule has 6 nitrogen and oxygen atoms in total.